The Morgan fingerprint density at radius 3 is 2.84 bits per heavy atom. The fourth-order valence-corrected chi connectivity index (χ4v) is 2.89. The van der Waals surface area contributed by atoms with Gasteiger partial charge in [-0.1, -0.05) is 23.4 Å². The average Bonchev–Trinajstić information content (AvgIpc) is 2.94. The Bertz CT molecular complexity index is 554. The normalized spacial score (nSPS) is 11.2. The van der Waals surface area contributed by atoms with Crippen LogP contribution in [0.5, 0.6) is 0 Å². The van der Waals surface area contributed by atoms with Crippen LogP contribution in [0.1, 0.15) is 18.3 Å². The molecular formula is C10H15ClN6OS. The molecule has 0 saturated carbocycles. The number of tetrazole rings is 1. The van der Waals surface area contributed by atoms with Crippen molar-refractivity contribution in [3.05, 3.63) is 16.4 Å². The lowest BCUT2D eigenvalue weighted by molar-refractivity contribution is 0.262. The molecule has 0 bridgehead atoms. The van der Waals surface area contributed by atoms with Crippen molar-refractivity contribution in [1.29, 1.82) is 0 Å². The van der Waals surface area contributed by atoms with E-state index in [1.807, 2.05) is 18.5 Å². The molecule has 19 heavy (non-hydrogen) atoms. The molecule has 0 fully saturated rings. The molecule has 0 aliphatic heterocycles. The van der Waals surface area contributed by atoms with Crippen molar-refractivity contribution in [2.24, 2.45) is 0 Å². The summed E-state index contributed by atoms with van der Waals surface area (Å²) in [5.41, 5.74) is 1.79. The zero-order valence-electron chi connectivity index (χ0n) is 10.7. The van der Waals surface area contributed by atoms with E-state index in [0.29, 0.717) is 22.5 Å². The summed E-state index contributed by atoms with van der Waals surface area (Å²) in [5, 5.41) is 26.0. The van der Waals surface area contributed by atoms with Crippen LogP contribution < -0.4 is 0 Å². The Morgan fingerprint density at radius 2 is 2.16 bits per heavy atom. The number of aliphatic hydroxyl groups excluding tert-OH is 1. The van der Waals surface area contributed by atoms with Crippen LogP contribution in [-0.4, -0.2) is 41.7 Å². The molecule has 0 spiro atoms. The smallest absolute Gasteiger partial charge is 0.209 e. The predicted molar refractivity (Wildman–Crippen MR) is 72.1 cm³/mol. The maximum absolute atomic E-state index is 8.92. The summed E-state index contributed by atoms with van der Waals surface area (Å²) < 4.78 is 3.45. The summed E-state index contributed by atoms with van der Waals surface area (Å²) >= 11 is 7.71. The molecule has 0 aromatic carbocycles. The molecule has 0 radical (unpaired) electrons. The molecule has 2 aromatic heterocycles. The third-order valence-electron chi connectivity index (χ3n) is 2.60. The number of thioether (sulfide) groups is 1. The number of hydrogen-bond donors (Lipinski definition) is 1. The van der Waals surface area contributed by atoms with E-state index in [4.69, 9.17) is 16.7 Å². The molecule has 0 atom stereocenters. The van der Waals surface area contributed by atoms with Gasteiger partial charge in [0.25, 0.3) is 0 Å². The highest BCUT2D eigenvalue weighted by molar-refractivity contribution is 7.98. The van der Waals surface area contributed by atoms with E-state index in [1.54, 1.807) is 4.68 Å². The van der Waals surface area contributed by atoms with Gasteiger partial charge in [0.2, 0.25) is 5.16 Å². The van der Waals surface area contributed by atoms with Crippen LogP contribution in [0.4, 0.5) is 0 Å². The number of nitrogens with zero attached hydrogens (tertiary/aromatic N) is 6. The number of aryl methyl sites for hydroxylation is 2. The van der Waals surface area contributed by atoms with Crippen LogP contribution in [-0.2, 0) is 18.8 Å². The van der Waals surface area contributed by atoms with Gasteiger partial charge in [-0.25, -0.2) is 4.68 Å². The van der Waals surface area contributed by atoms with E-state index < -0.39 is 0 Å². The van der Waals surface area contributed by atoms with E-state index >= 15 is 0 Å². The van der Waals surface area contributed by atoms with E-state index in [2.05, 4.69) is 20.6 Å². The fourth-order valence-electron chi connectivity index (χ4n) is 1.67. The lowest BCUT2D eigenvalue weighted by Crippen LogP contribution is -2.06. The monoisotopic (exact) mass is 302 g/mol. The van der Waals surface area contributed by atoms with Crippen molar-refractivity contribution < 1.29 is 5.11 Å². The largest absolute Gasteiger partial charge is 0.394 e. The highest BCUT2D eigenvalue weighted by Crippen LogP contribution is 2.27. The average molecular weight is 303 g/mol. The Labute approximate surface area is 119 Å². The quantitative estimate of drug-likeness (QED) is 0.806. The Balaban J connectivity index is 2.12. The summed E-state index contributed by atoms with van der Waals surface area (Å²) in [6, 6.07) is 0. The summed E-state index contributed by atoms with van der Waals surface area (Å²) in [6.45, 7) is 5.07. The van der Waals surface area contributed by atoms with E-state index in [-0.39, 0.29) is 6.61 Å². The van der Waals surface area contributed by atoms with Crippen LogP contribution in [0.3, 0.4) is 0 Å². The van der Waals surface area contributed by atoms with Gasteiger partial charge in [0.15, 0.2) is 0 Å². The minimum absolute atomic E-state index is 0.00531. The first-order chi connectivity index (χ1) is 9.17. The molecule has 2 rings (SSSR count). The molecule has 0 aliphatic carbocycles. The first-order valence-corrected chi connectivity index (χ1v) is 7.25. The Morgan fingerprint density at radius 1 is 1.37 bits per heavy atom. The maximum Gasteiger partial charge on any atom is 0.209 e. The van der Waals surface area contributed by atoms with Gasteiger partial charge in [0.1, 0.15) is 0 Å². The van der Waals surface area contributed by atoms with Crippen molar-refractivity contribution in [2.75, 3.05) is 6.61 Å². The molecule has 104 valence electrons. The number of aliphatic hydroxyl groups is 1. The molecular weight excluding hydrogens is 288 g/mol. The third kappa shape index (κ3) is 3.07. The number of rotatable bonds is 6. The summed E-state index contributed by atoms with van der Waals surface area (Å²) in [4.78, 5) is 0. The van der Waals surface area contributed by atoms with Crippen molar-refractivity contribution in [3.63, 3.8) is 0 Å². The maximum atomic E-state index is 8.92. The van der Waals surface area contributed by atoms with E-state index in [9.17, 15) is 0 Å². The second-order valence-corrected chi connectivity index (χ2v) is 5.18. The molecule has 9 heteroatoms. The standard InChI is InChI=1S/C10H15ClN6OS/c1-3-16-8(9(11)7(2)13-16)6-19-10-12-14-15-17(10)4-5-18/h18H,3-6H2,1-2H3. The van der Waals surface area contributed by atoms with Crippen LogP contribution >= 0.6 is 23.4 Å². The van der Waals surface area contributed by atoms with Crippen LogP contribution in [0.25, 0.3) is 0 Å². The highest BCUT2D eigenvalue weighted by Gasteiger charge is 2.14. The molecule has 2 heterocycles. The van der Waals surface area contributed by atoms with Gasteiger partial charge in [0.05, 0.1) is 29.6 Å². The second kappa shape index (κ2) is 6.36. The van der Waals surface area contributed by atoms with Crippen LogP contribution in [0, 0.1) is 6.92 Å². The predicted octanol–water partition coefficient (Wildman–Crippen LogP) is 1.14. The minimum atomic E-state index is 0.00531. The number of halogens is 1. The lowest BCUT2D eigenvalue weighted by Gasteiger charge is -2.05. The van der Waals surface area contributed by atoms with Gasteiger partial charge in [-0.3, -0.25) is 4.68 Å². The van der Waals surface area contributed by atoms with Crippen molar-refractivity contribution in [2.45, 2.75) is 37.8 Å². The van der Waals surface area contributed by atoms with Gasteiger partial charge in [0, 0.05) is 12.3 Å². The molecule has 0 unspecified atom stereocenters. The van der Waals surface area contributed by atoms with Gasteiger partial charge < -0.3 is 5.11 Å². The van der Waals surface area contributed by atoms with Crippen molar-refractivity contribution in [3.8, 4) is 0 Å². The summed E-state index contributed by atoms with van der Waals surface area (Å²) in [6.07, 6.45) is 0. The fraction of sp³-hybridized carbons (Fsp3) is 0.600. The van der Waals surface area contributed by atoms with Gasteiger partial charge in [-0.2, -0.15) is 5.10 Å². The highest BCUT2D eigenvalue weighted by atomic mass is 35.5. The Kier molecular flexibility index (Phi) is 4.78. The molecule has 0 amide bonds. The molecule has 2 aromatic rings. The third-order valence-corrected chi connectivity index (χ3v) is 4.06. The van der Waals surface area contributed by atoms with Gasteiger partial charge in [-0.05, 0) is 24.3 Å². The zero-order chi connectivity index (χ0) is 13.8. The topological polar surface area (TPSA) is 81.7 Å². The summed E-state index contributed by atoms with van der Waals surface area (Å²) in [5.74, 6) is 0.638. The molecule has 0 saturated heterocycles. The van der Waals surface area contributed by atoms with Gasteiger partial charge >= 0.3 is 0 Å². The molecule has 0 aliphatic rings. The Hall–Kier alpha value is -1.12. The van der Waals surface area contributed by atoms with Crippen LogP contribution in [0.15, 0.2) is 5.16 Å². The zero-order valence-corrected chi connectivity index (χ0v) is 12.3. The lowest BCUT2D eigenvalue weighted by atomic mass is 10.4. The van der Waals surface area contributed by atoms with E-state index in [1.165, 1.54) is 11.8 Å². The first-order valence-electron chi connectivity index (χ1n) is 5.89. The van der Waals surface area contributed by atoms with E-state index in [0.717, 1.165) is 17.9 Å². The first kappa shape index (κ1) is 14.3. The minimum Gasteiger partial charge on any atom is -0.394 e. The van der Waals surface area contributed by atoms with Gasteiger partial charge in [-0.15, -0.1) is 5.10 Å². The number of hydrogen-bond acceptors (Lipinski definition) is 6. The van der Waals surface area contributed by atoms with Crippen molar-refractivity contribution in [1.82, 2.24) is 30.0 Å². The van der Waals surface area contributed by atoms with Crippen LogP contribution in [0.2, 0.25) is 5.02 Å². The molecule has 1 N–H and O–H groups in total. The SMILES string of the molecule is CCn1nc(C)c(Cl)c1CSc1nnnn1CCO. The second-order valence-electron chi connectivity index (χ2n) is 3.86. The summed E-state index contributed by atoms with van der Waals surface area (Å²) in [7, 11) is 0. The van der Waals surface area contributed by atoms with Crippen molar-refractivity contribution >= 4 is 23.4 Å². The number of aromatic nitrogens is 6. The molecule has 7 nitrogen and oxygen atoms in total.